The molecule has 27 heavy (non-hydrogen) atoms. The van der Waals surface area contributed by atoms with Crippen molar-refractivity contribution in [2.45, 2.75) is 13.0 Å². The van der Waals surface area contributed by atoms with E-state index in [1.807, 2.05) is 37.3 Å². The fourth-order valence-corrected chi connectivity index (χ4v) is 2.47. The molecule has 138 valence electrons. The maximum Gasteiger partial charge on any atom is 0.256 e. The lowest BCUT2D eigenvalue weighted by molar-refractivity contribution is 0.102. The minimum atomic E-state index is -0.318. The highest BCUT2D eigenvalue weighted by Crippen LogP contribution is 2.22. The third-order valence-corrected chi connectivity index (χ3v) is 3.84. The zero-order chi connectivity index (χ0) is 19.2. The topological polar surface area (TPSA) is 113 Å². The van der Waals surface area contributed by atoms with E-state index in [1.54, 1.807) is 30.3 Å². The third-order valence-electron chi connectivity index (χ3n) is 3.84. The number of benzene rings is 2. The van der Waals surface area contributed by atoms with E-state index in [1.165, 1.54) is 0 Å². The van der Waals surface area contributed by atoms with Crippen LogP contribution in [0, 0.1) is 0 Å². The van der Waals surface area contributed by atoms with Crippen molar-refractivity contribution >= 4 is 23.4 Å². The largest absolute Gasteiger partial charge is 0.399 e. The number of aliphatic hydroxyl groups is 1. The van der Waals surface area contributed by atoms with Crippen LogP contribution >= 0.6 is 0 Å². The molecule has 0 aliphatic carbocycles. The number of nitrogens with one attached hydrogen (secondary N) is 2. The third kappa shape index (κ3) is 4.80. The van der Waals surface area contributed by atoms with Gasteiger partial charge in [0.1, 0.15) is 5.82 Å². The Balaban J connectivity index is 1.93. The van der Waals surface area contributed by atoms with Crippen molar-refractivity contribution < 1.29 is 9.90 Å². The Hall–Kier alpha value is -3.45. The Morgan fingerprint density at radius 3 is 2.59 bits per heavy atom. The van der Waals surface area contributed by atoms with Crippen LogP contribution in [0.2, 0.25) is 0 Å². The zero-order valence-corrected chi connectivity index (χ0v) is 14.9. The number of hydrogen-bond donors (Lipinski definition) is 4. The fraction of sp³-hybridized carbons (Fsp3) is 0.150. The summed E-state index contributed by atoms with van der Waals surface area (Å²) in [5, 5.41) is 15.1. The number of nitrogens with two attached hydrogens (primary N) is 1. The van der Waals surface area contributed by atoms with Crippen molar-refractivity contribution in [3.8, 4) is 11.3 Å². The molecule has 0 unspecified atom stereocenters. The molecule has 1 atom stereocenters. The van der Waals surface area contributed by atoms with E-state index in [0.717, 1.165) is 5.56 Å². The Morgan fingerprint density at radius 2 is 1.89 bits per heavy atom. The molecule has 0 aliphatic heterocycles. The minimum Gasteiger partial charge on any atom is -0.399 e. The van der Waals surface area contributed by atoms with Crippen LogP contribution in [0.3, 0.4) is 0 Å². The lowest BCUT2D eigenvalue weighted by Gasteiger charge is -2.14. The molecule has 0 spiro atoms. The van der Waals surface area contributed by atoms with Gasteiger partial charge in [-0.3, -0.25) is 4.79 Å². The summed E-state index contributed by atoms with van der Waals surface area (Å²) in [4.78, 5) is 21.3. The number of amides is 1. The van der Waals surface area contributed by atoms with Crippen molar-refractivity contribution in [3.05, 3.63) is 66.2 Å². The van der Waals surface area contributed by atoms with Crippen LogP contribution in [-0.4, -0.2) is 33.6 Å². The summed E-state index contributed by atoms with van der Waals surface area (Å²) in [5.74, 6) is 0.353. The first-order valence-corrected chi connectivity index (χ1v) is 8.54. The second-order valence-corrected chi connectivity index (χ2v) is 6.14. The van der Waals surface area contributed by atoms with Gasteiger partial charge in [-0.25, -0.2) is 4.98 Å². The predicted molar refractivity (Wildman–Crippen MR) is 106 cm³/mol. The molecule has 0 saturated heterocycles. The first-order chi connectivity index (χ1) is 13.0. The van der Waals surface area contributed by atoms with E-state index < -0.39 is 0 Å². The van der Waals surface area contributed by atoms with Gasteiger partial charge >= 0.3 is 0 Å². The molecule has 2 aromatic carbocycles. The highest BCUT2D eigenvalue weighted by atomic mass is 16.3. The van der Waals surface area contributed by atoms with E-state index in [2.05, 4.69) is 20.6 Å². The normalized spacial score (nSPS) is 11.6. The second kappa shape index (κ2) is 8.29. The SMILES string of the molecule is C[C@@H](CO)Nc1nc(NC(=O)c2cccc(N)c2)cc(-c2ccccc2)n1. The summed E-state index contributed by atoms with van der Waals surface area (Å²) in [5.41, 5.74) is 8.23. The van der Waals surface area contributed by atoms with Crippen LogP contribution in [0.5, 0.6) is 0 Å². The van der Waals surface area contributed by atoms with Gasteiger partial charge in [0, 0.05) is 28.9 Å². The van der Waals surface area contributed by atoms with Gasteiger partial charge in [-0.15, -0.1) is 0 Å². The first-order valence-electron chi connectivity index (χ1n) is 8.54. The van der Waals surface area contributed by atoms with Gasteiger partial charge < -0.3 is 21.5 Å². The maximum absolute atomic E-state index is 12.5. The summed E-state index contributed by atoms with van der Waals surface area (Å²) in [7, 11) is 0. The lowest BCUT2D eigenvalue weighted by Crippen LogP contribution is -2.22. The molecule has 0 bridgehead atoms. The van der Waals surface area contributed by atoms with Crippen molar-refractivity contribution in [1.82, 2.24) is 9.97 Å². The number of carbonyl (C=O) groups excluding carboxylic acids is 1. The van der Waals surface area contributed by atoms with Gasteiger partial charge in [-0.2, -0.15) is 4.98 Å². The highest BCUT2D eigenvalue weighted by molar-refractivity contribution is 6.04. The molecule has 1 aromatic heterocycles. The van der Waals surface area contributed by atoms with Gasteiger partial charge in [0.15, 0.2) is 0 Å². The van der Waals surface area contributed by atoms with Crippen LogP contribution in [0.25, 0.3) is 11.3 Å². The maximum atomic E-state index is 12.5. The van der Waals surface area contributed by atoms with E-state index >= 15 is 0 Å². The van der Waals surface area contributed by atoms with Crippen molar-refractivity contribution in [2.75, 3.05) is 23.0 Å². The Morgan fingerprint density at radius 1 is 1.11 bits per heavy atom. The van der Waals surface area contributed by atoms with Crippen LogP contribution < -0.4 is 16.4 Å². The van der Waals surface area contributed by atoms with E-state index in [0.29, 0.717) is 28.7 Å². The summed E-state index contributed by atoms with van der Waals surface area (Å²) in [6, 6.07) is 17.8. The standard InChI is InChI=1S/C20H21N5O2/c1-13(12-26)22-20-23-17(14-6-3-2-4-7-14)11-18(25-20)24-19(27)15-8-5-9-16(21)10-15/h2-11,13,26H,12,21H2,1H3,(H2,22,23,24,25,27)/t13-/m0/s1. The Labute approximate surface area is 157 Å². The van der Waals surface area contributed by atoms with Crippen LogP contribution in [0.15, 0.2) is 60.7 Å². The Bertz CT molecular complexity index is 931. The molecule has 1 amide bonds. The van der Waals surface area contributed by atoms with E-state index in [9.17, 15) is 9.90 Å². The van der Waals surface area contributed by atoms with E-state index in [4.69, 9.17) is 5.73 Å². The summed E-state index contributed by atoms with van der Waals surface area (Å²) in [6.07, 6.45) is 0. The minimum absolute atomic E-state index is 0.0656. The molecule has 0 radical (unpaired) electrons. The number of aliphatic hydroxyl groups excluding tert-OH is 1. The first kappa shape index (κ1) is 18.3. The smallest absolute Gasteiger partial charge is 0.256 e. The number of hydrogen-bond acceptors (Lipinski definition) is 6. The molecule has 0 saturated carbocycles. The summed E-state index contributed by atoms with van der Waals surface area (Å²) in [6.45, 7) is 1.74. The molecular formula is C20H21N5O2. The quantitative estimate of drug-likeness (QED) is 0.501. The predicted octanol–water partition coefficient (Wildman–Crippen LogP) is 2.77. The number of rotatable bonds is 6. The van der Waals surface area contributed by atoms with Gasteiger partial charge in [0.05, 0.1) is 12.3 Å². The van der Waals surface area contributed by atoms with Gasteiger partial charge in [-0.05, 0) is 25.1 Å². The monoisotopic (exact) mass is 363 g/mol. The molecule has 0 fully saturated rings. The van der Waals surface area contributed by atoms with Gasteiger partial charge in [0.2, 0.25) is 5.95 Å². The average molecular weight is 363 g/mol. The molecule has 5 N–H and O–H groups in total. The molecule has 7 heteroatoms. The molecule has 7 nitrogen and oxygen atoms in total. The average Bonchev–Trinajstić information content (AvgIpc) is 2.68. The second-order valence-electron chi connectivity index (χ2n) is 6.14. The van der Waals surface area contributed by atoms with Gasteiger partial charge in [-0.1, -0.05) is 36.4 Å². The zero-order valence-electron chi connectivity index (χ0n) is 14.9. The van der Waals surface area contributed by atoms with Crippen LogP contribution in [-0.2, 0) is 0 Å². The van der Waals surface area contributed by atoms with Gasteiger partial charge in [0.25, 0.3) is 5.91 Å². The Kier molecular flexibility index (Phi) is 5.63. The number of nitrogens with zero attached hydrogens (tertiary/aromatic N) is 2. The number of anilines is 3. The number of nitrogen functional groups attached to an aromatic ring is 1. The summed E-state index contributed by atoms with van der Waals surface area (Å²) < 4.78 is 0. The molecule has 0 aliphatic rings. The number of carbonyl (C=O) groups is 1. The van der Waals surface area contributed by atoms with Crippen LogP contribution in [0.1, 0.15) is 17.3 Å². The van der Waals surface area contributed by atoms with E-state index in [-0.39, 0.29) is 18.6 Å². The van der Waals surface area contributed by atoms with Crippen molar-refractivity contribution in [1.29, 1.82) is 0 Å². The van der Waals surface area contributed by atoms with Crippen LogP contribution in [0.4, 0.5) is 17.5 Å². The fourth-order valence-electron chi connectivity index (χ4n) is 2.47. The number of aromatic nitrogens is 2. The van der Waals surface area contributed by atoms with Crippen molar-refractivity contribution in [3.63, 3.8) is 0 Å². The molecule has 3 aromatic rings. The molecular weight excluding hydrogens is 342 g/mol. The highest BCUT2D eigenvalue weighted by Gasteiger charge is 2.12. The summed E-state index contributed by atoms with van der Waals surface area (Å²) >= 11 is 0. The van der Waals surface area contributed by atoms with Crippen molar-refractivity contribution in [2.24, 2.45) is 0 Å². The molecule has 3 rings (SSSR count). The molecule has 1 heterocycles. The lowest BCUT2D eigenvalue weighted by atomic mass is 10.1.